The van der Waals surface area contributed by atoms with E-state index in [4.69, 9.17) is 29.2 Å². The van der Waals surface area contributed by atoms with E-state index in [-0.39, 0.29) is 45.3 Å². The second-order valence-electron chi connectivity index (χ2n) is 7.90. The van der Waals surface area contributed by atoms with E-state index in [9.17, 15) is 19.2 Å². The number of hydrogen-bond donors (Lipinski definition) is 2. The Kier molecular flexibility index (Phi) is 7.24. The molecule has 0 aromatic heterocycles. The maximum absolute atomic E-state index is 12.7. The second kappa shape index (κ2) is 10.7. The molecule has 192 valence electrons. The number of ether oxygens (including phenoxy) is 4. The number of rotatable bonds is 8. The third-order valence-electron chi connectivity index (χ3n) is 5.54. The number of carbonyl (C=O) groups is 4. The molecular formula is C28H20O10. The van der Waals surface area contributed by atoms with E-state index in [2.05, 4.69) is 0 Å². The van der Waals surface area contributed by atoms with Crippen molar-refractivity contribution >= 4 is 34.6 Å². The number of benzene rings is 4. The van der Waals surface area contributed by atoms with Gasteiger partial charge in [0.15, 0.2) is 23.0 Å². The van der Waals surface area contributed by atoms with E-state index < -0.39 is 23.9 Å². The first kappa shape index (κ1) is 25.7. The molecule has 0 heterocycles. The minimum Gasteiger partial charge on any atom is -0.493 e. The van der Waals surface area contributed by atoms with Gasteiger partial charge in [0.2, 0.25) is 0 Å². The summed E-state index contributed by atoms with van der Waals surface area (Å²) in [5.41, 5.74) is 0.413. The van der Waals surface area contributed by atoms with Crippen LogP contribution in [0.15, 0.2) is 72.8 Å². The molecule has 0 aliphatic carbocycles. The monoisotopic (exact) mass is 516 g/mol. The Morgan fingerprint density at radius 1 is 0.500 bits per heavy atom. The summed E-state index contributed by atoms with van der Waals surface area (Å²) in [7, 11) is 2.66. The van der Waals surface area contributed by atoms with E-state index in [1.165, 1.54) is 62.8 Å². The SMILES string of the molecule is COc1cc(C(=O)O)ccc1OC(=O)c1ccc2cc(C(=O)Oc3ccc(C(=O)O)cc3OC)ccc2c1. The molecule has 38 heavy (non-hydrogen) atoms. The molecule has 2 N–H and O–H groups in total. The molecule has 4 aromatic rings. The van der Waals surface area contributed by atoms with Crippen molar-refractivity contribution in [1.82, 2.24) is 0 Å². The summed E-state index contributed by atoms with van der Waals surface area (Å²) >= 11 is 0. The molecule has 0 atom stereocenters. The van der Waals surface area contributed by atoms with Gasteiger partial charge >= 0.3 is 23.9 Å². The molecule has 0 fully saturated rings. The number of carboxylic acids is 2. The molecule has 0 bridgehead atoms. The van der Waals surface area contributed by atoms with Gasteiger partial charge in [-0.25, -0.2) is 19.2 Å². The molecular weight excluding hydrogens is 496 g/mol. The smallest absolute Gasteiger partial charge is 0.343 e. The fourth-order valence-corrected chi connectivity index (χ4v) is 3.59. The lowest BCUT2D eigenvalue weighted by molar-refractivity contribution is 0.0684. The molecule has 0 spiro atoms. The van der Waals surface area contributed by atoms with Crippen LogP contribution in [0.3, 0.4) is 0 Å². The summed E-state index contributed by atoms with van der Waals surface area (Å²) in [6.07, 6.45) is 0. The van der Waals surface area contributed by atoms with Crippen molar-refractivity contribution in [2.75, 3.05) is 14.2 Å². The zero-order valence-electron chi connectivity index (χ0n) is 20.1. The topological polar surface area (TPSA) is 146 Å². The first-order valence-corrected chi connectivity index (χ1v) is 11.0. The van der Waals surface area contributed by atoms with Crippen LogP contribution in [0.5, 0.6) is 23.0 Å². The Morgan fingerprint density at radius 2 is 0.868 bits per heavy atom. The van der Waals surface area contributed by atoms with Gasteiger partial charge in [-0.3, -0.25) is 0 Å². The van der Waals surface area contributed by atoms with E-state index in [0.29, 0.717) is 10.8 Å². The van der Waals surface area contributed by atoms with Crippen LogP contribution < -0.4 is 18.9 Å². The predicted octanol–water partition coefficient (Wildman–Crippen LogP) is 4.69. The van der Waals surface area contributed by atoms with Crippen LogP contribution in [-0.2, 0) is 0 Å². The van der Waals surface area contributed by atoms with Gasteiger partial charge in [-0.2, -0.15) is 0 Å². The number of methoxy groups -OCH3 is 2. The van der Waals surface area contributed by atoms with Crippen molar-refractivity contribution in [3.63, 3.8) is 0 Å². The summed E-state index contributed by atoms with van der Waals surface area (Å²) < 4.78 is 21.1. The fraction of sp³-hybridized carbons (Fsp3) is 0.0714. The minimum absolute atomic E-state index is 0.0163. The Hall–Kier alpha value is -5.38. The molecule has 4 rings (SSSR count). The normalized spacial score (nSPS) is 10.5. The highest BCUT2D eigenvalue weighted by molar-refractivity contribution is 6.00. The largest absolute Gasteiger partial charge is 0.493 e. The molecule has 4 aromatic carbocycles. The summed E-state index contributed by atoms with van der Waals surface area (Å²) in [6, 6.07) is 17.2. The molecule has 0 aliphatic rings. The number of hydrogen-bond acceptors (Lipinski definition) is 8. The van der Waals surface area contributed by atoms with Crippen LogP contribution in [0.1, 0.15) is 41.4 Å². The Morgan fingerprint density at radius 3 is 1.21 bits per heavy atom. The van der Waals surface area contributed by atoms with Crippen LogP contribution in [0, 0.1) is 0 Å². The van der Waals surface area contributed by atoms with Crippen LogP contribution in [0.25, 0.3) is 10.8 Å². The molecule has 0 saturated carbocycles. The number of carbonyl (C=O) groups excluding carboxylic acids is 2. The van der Waals surface area contributed by atoms with Gasteiger partial charge in [-0.1, -0.05) is 12.1 Å². The quantitative estimate of drug-likeness (QED) is 0.250. The fourth-order valence-electron chi connectivity index (χ4n) is 3.59. The van der Waals surface area contributed by atoms with Gasteiger partial charge in [-0.15, -0.1) is 0 Å². The van der Waals surface area contributed by atoms with Gasteiger partial charge in [0, 0.05) is 0 Å². The molecule has 0 radical (unpaired) electrons. The van der Waals surface area contributed by atoms with Crippen molar-refractivity contribution in [3.8, 4) is 23.0 Å². The van der Waals surface area contributed by atoms with Crippen molar-refractivity contribution in [3.05, 3.63) is 95.1 Å². The van der Waals surface area contributed by atoms with Gasteiger partial charge < -0.3 is 29.2 Å². The molecule has 0 amide bonds. The molecule has 10 heteroatoms. The van der Waals surface area contributed by atoms with Gasteiger partial charge in [-0.05, 0) is 71.4 Å². The van der Waals surface area contributed by atoms with E-state index >= 15 is 0 Å². The van der Waals surface area contributed by atoms with E-state index in [0.717, 1.165) is 0 Å². The second-order valence-corrected chi connectivity index (χ2v) is 7.90. The zero-order valence-corrected chi connectivity index (χ0v) is 20.1. The third-order valence-corrected chi connectivity index (χ3v) is 5.54. The summed E-state index contributed by atoms with van der Waals surface area (Å²) in [6.45, 7) is 0. The highest BCUT2D eigenvalue weighted by Crippen LogP contribution is 2.31. The van der Waals surface area contributed by atoms with Crippen molar-refractivity contribution in [2.45, 2.75) is 0 Å². The first-order valence-electron chi connectivity index (χ1n) is 11.0. The average molecular weight is 516 g/mol. The van der Waals surface area contributed by atoms with Crippen molar-refractivity contribution < 1.29 is 48.3 Å². The number of esters is 2. The molecule has 0 saturated heterocycles. The standard InChI is InChI=1S/C28H20O10/c1-35-23-13-17(25(29)30)7-9-21(23)37-27(33)19-5-3-16-12-20(6-4-15(16)11-19)28(34)38-22-10-8-18(26(31)32)14-24(22)36-2/h3-14H,1-2H3,(H,29,30)(H,31,32). The predicted molar refractivity (Wildman–Crippen MR) is 134 cm³/mol. The Labute approximate surface area is 215 Å². The maximum atomic E-state index is 12.7. The van der Waals surface area contributed by atoms with Crippen molar-refractivity contribution in [1.29, 1.82) is 0 Å². The van der Waals surface area contributed by atoms with Crippen LogP contribution in [0.4, 0.5) is 0 Å². The number of carboxylic acid groups (broad SMARTS) is 2. The van der Waals surface area contributed by atoms with Gasteiger partial charge in [0.1, 0.15) is 0 Å². The minimum atomic E-state index is -1.14. The first-order chi connectivity index (χ1) is 18.2. The third kappa shape index (κ3) is 5.39. The summed E-state index contributed by atoms with van der Waals surface area (Å²) in [5, 5.41) is 19.5. The summed E-state index contributed by atoms with van der Waals surface area (Å²) in [5.74, 6) is -3.35. The van der Waals surface area contributed by atoms with Crippen molar-refractivity contribution in [2.24, 2.45) is 0 Å². The lowest BCUT2D eigenvalue weighted by Crippen LogP contribution is -2.10. The molecule has 10 nitrogen and oxygen atoms in total. The molecule has 0 aliphatic heterocycles. The van der Waals surface area contributed by atoms with Gasteiger partial charge in [0.25, 0.3) is 0 Å². The van der Waals surface area contributed by atoms with Gasteiger partial charge in [0.05, 0.1) is 36.5 Å². The lowest BCUT2D eigenvalue weighted by Gasteiger charge is -2.11. The highest BCUT2D eigenvalue weighted by atomic mass is 16.6. The van der Waals surface area contributed by atoms with Crippen LogP contribution in [0.2, 0.25) is 0 Å². The Bertz CT molecular complexity index is 1470. The van der Waals surface area contributed by atoms with E-state index in [1.807, 2.05) is 0 Å². The van der Waals surface area contributed by atoms with Crippen LogP contribution in [-0.4, -0.2) is 48.3 Å². The van der Waals surface area contributed by atoms with Crippen LogP contribution >= 0.6 is 0 Å². The summed E-state index contributed by atoms with van der Waals surface area (Å²) in [4.78, 5) is 47.8. The van der Waals surface area contributed by atoms with E-state index in [1.54, 1.807) is 24.3 Å². The maximum Gasteiger partial charge on any atom is 0.343 e. The molecule has 0 unspecified atom stereocenters. The average Bonchev–Trinajstić information content (AvgIpc) is 2.92. The Balaban J connectivity index is 1.53. The zero-order chi connectivity index (χ0) is 27.4. The number of aromatic carboxylic acids is 2. The highest BCUT2D eigenvalue weighted by Gasteiger charge is 2.17. The number of fused-ring (bicyclic) bond motifs is 1. The lowest BCUT2D eigenvalue weighted by atomic mass is 10.0.